The largest absolute Gasteiger partial charge is 0.504 e. The van der Waals surface area contributed by atoms with Gasteiger partial charge in [-0.15, -0.1) is 0 Å². The summed E-state index contributed by atoms with van der Waals surface area (Å²) in [4.78, 5) is 38.3. The number of imide groups is 1. The smallest absolute Gasteiger partial charge is 0.294 e. The minimum atomic E-state index is -0.614. The second-order valence-electron chi connectivity index (χ2n) is 6.32. The third-order valence-corrected chi connectivity index (χ3v) is 5.57. The number of nitrogens with zero attached hydrogens (tertiary/aromatic N) is 1. The number of hydrogen-bond acceptors (Lipinski definition) is 7. The lowest BCUT2D eigenvalue weighted by Gasteiger charge is -2.13. The Morgan fingerprint density at radius 1 is 1.26 bits per heavy atom. The number of anilines is 1. The number of halogens is 1. The minimum Gasteiger partial charge on any atom is -0.504 e. The Hall–Kier alpha value is -2.98. The first kappa shape index (κ1) is 22.7. The molecule has 1 aliphatic rings. The molecule has 3 rings (SSSR count). The van der Waals surface area contributed by atoms with Gasteiger partial charge >= 0.3 is 0 Å². The van der Waals surface area contributed by atoms with E-state index in [9.17, 15) is 19.5 Å². The molecule has 0 aliphatic carbocycles. The normalized spacial score (nSPS) is 14.8. The molecule has 31 heavy (non-hydrogen) atoms. The van der Waals surface area contributed by atoms with Crippen molar-refractivity contribution in [1.29, 1.82) is 0 Å². The fraction of sp³-hybridized carbons (Fsp3) is 0.190. The van der Waals surface area contributed by atoms with E-state index >= 15 is 0 Å². The molecule has 0 unspecified atom stereocenters. The molecule has 1 heterocycles. The van der Waals surface area contributed by atoms with E-state index in [2.05, 4.69) is 21.2 Å². The number of carbonyl (C=O) groups is 3. The number of amides is 3. The van der Waals surface area contributed by atoms with E-state index in [0.717, 1.165) is 4.90 Å². The zero-order valence-electron chi connectivity index (χ0n) is 16.7. The van der Waals surface area contributed by atoms with Crippen LogP contribution in [-0.4, -0.2) is 47.3 Å². The fourth-order valence-electron chi connectivity index (χ4n) is 2.77. The number of carbonyl (C=O) groups excluding carboxylic acids is 3. The molecule has 10 heteroatoms. The third kappa shape index (κ3) is 5.39. The molecule has 3 amide bonds. The van der Waals surface area contributed by atoms with Crippen molar-refractivity contribution in [3.05, 3.63) is 51.3 Å². The van der Waals surface area contributed by atoms with Crippen molar-refractivity contribution in [3.63, 3.8) is 0 Å². The Morgan fingerprint density at radius 3 is 2.61 bits per heavy atom. The highest BCUT2D eigenvalue weighted by Gasteiger charge is 2.36. The predicted octanol–water partition coefficient (Wildman–Crippen LogP) is 4.24. The predicted molar refractivity (Wildman–Crippen MR) is 121 cm³/mol. The van der Waals surface area contributed by atoms with Gasteiger partial charge in [0.25, 0.3) is 11.1 Å². The van der Waals surface area contributed by atoms with Crippen LogP contribution in [0.25, 0.3) is 6.08 Å². The second kappa shape index (κ2) is 9.88. The van der Waals surface area contributed by atoms with Crippen molar-refractivity contribution in [2.45, 2.75) is 6.92 Å². The van der Waals surface area contributed by atoms with E-state index in [1.807, 2.05) is 0 Å². The summed E-state index contributed by atoms with van der Waals surface area (Å²) in [7, 11) is 1.53. The molecule has 2 aromatic carbocycles. The third-order valence-electron chi connectivity index (χ3n) is 4.20. The van der Waals surface area contributed by atoms with Crippen molar-refractivity contribution in [1.82, 2.24) is 4.90 Å². The van der Waals surface area contributed by atoms with Crippen LogP contribution in [0.3, 0.4) is 0 Å². The van der Waals surface area contributed by atoms with Crippen LogP contribution in [0, 0.1) is 0 Å². The lowest BCUT2D eigenvalue weighted by atomic mass is 10.1. The van der Waals surface area contributed by atoms with Gasteiger partial charge in [-0.05, 0) is 61.2 Å². The van der Waals surface area contributed by atoms with Gasteiger partial charge in [0.2, 0.25) is 5.91 Å². The van der Waals surface area contributed by atoms with Crippen LogP contribution in [0.1, 0.15) is 12.5 Å². The van der Waals surface area contributed by atoms with Gasteiger partial charge < -0.3 is 19.9 Å². The van der Waals surface area contributed by atoms with Crippen LogP contribution in [0.15, 0.2) is 45.8 Å². The minimum absolute atomic E-state index is 0.0955. The quantitative estimate of drug-likeness (QED) is 0.541. The summed E-state index contributed by atoms with van der Waals surface area (Å²) in [5, 5.41) is 12.5. The second-order valence-corrected chi connectivity index (χ2v) is 8.23. The van der Waals surface area contributed by atoms with E-state index in [-0.39, 0.29) is 16.4 Å². The monoisotopic (exact) mass is 506 g/mol. The molecule has 162 valence electrons. The summed E-state index contributed by atoms with van der Waals surface area (Å²) >= 11 is 4.03. The molecule has 0 bridgehead atoms. The lowest BCUT2D eigenvalue weighted by Crippen LogP contribution is -2.36. The van der Waals surface area contributed by atoms with Gasteiger partial charge in [-0.25, -0.2) is 0 Å². The molecule has 1 fully saturated rings. The van der Waals surface area contributed by atoms with Gasteiger partial charge in [-0.2, -0.15) is 0 Å². The molecule has 2 aromatic rings. The number of hydrogen-bond donors (Lipinski definition) is 2. The molecule has 0 atom stereocenters. The Kier molecular flexibility index (Phi) is 7.24. The zero-order valence-corrected chi connectivity index (χ0v) is 19.1. The highest BCUT2D eigenvalue weighted by molar-refractivity contribution is 9.10. The zero-order chi connectivity index (χ0) is 22.5. The standard InChI is InChI=1S/C21H19BrN2O6S/c1-3-30-16-10-13(22)8-12(19(16)26)9-17-20(27)24(21(28)31-17)11-18(25)23-14-4-6-15(29-2)7-5-14/h4-10,26H,3,11H2,1-2H3,(H,23,25)/b17-9+. The topological polar surface area (TPSA) is 105 Å². The van der Waals surface area contributed by atoms with Crippen LogP contribution < -0.4 is 14.8 Å². The molecule has 1 saturated heterocycles. The van der Waals surface area contributed by atoms with Crippen molar-refractivity contribution in [2.24, 2.45) is 0 Å². The number of ether oxygens (including phenoxy) is 2. The maximum atomic E-state index is 12.7. The molecular weight excluding hydrogens is 488 g/mol. The molecule has 8 nitrogen and oxygen atoms in total. The summed E-state index contributed by atoms with van der Waals surface area (Å²) in [5.41, 5.74) is 0.821. The first-order valence-electron chi connectivity index (χ1n) is 9.17. The number of methoxy groups -OCH3 is 1. The molecular formula is C21H19BrN2O6S. The number of phenols is 1. The van der Waals surface area contributed by atoms with E-state index in [0.29, 0.717) is 39.8 Å². The number of thioether (sulfide) groups is 1. The number of rotatable bonds is 7. The van der Waals surface area contributed by atoms with E-state index < -0.39 is 23.6 Å². The van der Waals surface area contributed by atoms with E-state index in [1.165, 1.54) is 13.2 Å². The van der Waals surface area contributed by atoms with Crippen molar-refractivity contribution in [3.8, 4) is 17.2 Å². The SMILES string of the molecule is CCOc1cc(Br)cc(/C=C2/SC(=O)N(CC(=O)Nc3ccc(OC)cc3)C2=O)c1O. The van der Waals surface area contributed by atoms with Crippen LogP contribution in [0.2, 0.25) is 0 Å². The highest BCUT2D eigenvalue weighted by Crippen LogP contribution is 2.38. The molecule has 0 spiro atoms. The maximum Gasteiger partial charge on any atom is 0.294 e. The average Bonchev–Trinajstić information content (AvgIpc) is 2.99. The Morgan fingerprint density at radius 2 is 1.97 bits per heavy atom. The number of phenolic OH excluding ortho intramolecular Hbond substituents is 1. The maximum absolute atomic E-state index is 12.7. The summed E-state index contributed by atoms with van der Waals surface area (Å²) < 4.78 is 11.1. The lowest BCUT2D eigenvalue weighted by molar-refractivity contribution is -0.127. The molecule has 1 aliphatic heterocycles. The van der Waals surface area contributed by atoms with Gasteiger partial charge in [0.1, 0.15) is 12.3 Å². The Balaban J connectivity index is 1.74. The van der Waals surface area contributed by atoms with Crippen LogP contribution in [0.5, 0.6) is 17.2 Å². The molecule has 0 radical (unpaired) electrons. The van der Waals surface area contributed by atoms with E-state index in [1.54, 1.807) is 43.3 Å². The van der Waals surface area contributed by atoms with Crippen LogP contribution in [-0.2, 0) is 9.59 Å². The summed E-state index contributed by atoms with van der Waals surface area (Å²) in [6.45, 7) is 1.70. The van der Waals surface area contributed by atoms with Gasteiger partial charge in [-0.3, -0.25) is 19.3 Å². The number of aromatic hydroxyl groups is 1. The fourth-order valence-corrected chi connectivity index (χ4v) is 4.05. The van der Waals surface area contributed by atoms with Crippen LogP contribution >= 0.6 is 27.7 Å². The van der Waals surface area contributed by atoms with Crippen molar-refractivity contribution >= 4 is 56.5 Å². The highest BCUT2D eigenvalue weighted by atomic mass is 79.9. The van der Waals surface area contributed by atoms with Gasteiger partial charge in [0, 0.05) is 15.7 Å². The Bertz CT molecular complexity index is 1050. The summed E-state index contributed by atoms with van der Waals surface area (Å²) in [5.74, 6) is -0.387. The van der Waals surface area contributed by atoms with Gasteiger partial charge in [0.05, 0.1) is 18.6 Å². The summed E-state index contributed by atoms with van der Waals surface area (Å²) in [6.07, 6.45) is 1.40. The average molecular weight is 507 g/mol. The van der Waals surface area contributed by atoms with Crippen LogP contribution in [0.4, 0.5) is 10.5 Å². The summed E-state index contributed by atoms with van der Waals surface area (Å²) in [6, 6.07) is 9.86. The number of nitrogens with one attached hydrogen (secondary N) is 1. The first-order valence-corrected chi connectivity index (χ1v) is 10.8. The molecule has 0 aromatic heterocycles. The van der Waals surface area contributed by atoms with Crippen molar-refractivity contribution < 1.29 is 29.0 Å². The molecule has 0 saturated carbocycles. The van der Waals surface area contributed by atoms with Gasteiger partial charge in [-0.1, -0.05) is 15.9 Å². The molecule has 2 N–H and O–H groups in total. The number of benzene rings is 2. The Labute approximate surface area is 191 Å². The van der Waals surface area contributed by atoms with Crippen molar-refractivity contribution in [2.75, 3.05) is 25.6 Å². The first-order chi connectivity index (χ1) is 14.8. The van der Waals surface area contributed by atoms with Gasteiger partial charge in [0.15, 0.2) is 11.5 Å². The van der Waals surface area contributed by atoms with E-state index in [4.69, 9.17) is 9.47 Å².